The highest BCUT2D eigenvalue weighted by Gasteiger charge is 2.20. The molecule has 0 saturated heterocycles. The molecule has 0 aliphatic heterocycles. The van der Waals surface area contributed by atoms with Gasteiger partial charge >= 0.3 is 4.87 Å². The van der Waals surface area contributed by atoms with E-state index in [1.165, 1.54) is 6.20 Å². The van der Waals surface area contributed by atoms with Gasteiger partial charge in [0, 0.05) is 23.2 Å². The van der Waals surface area contributed by atoms with E-state index in [1.807, 2.05) is 6.92 Å². The molecule has 20 heavy (non-hydrogen) atoms. The molecule has 0 radical (unpaired) electrons. The quantitative estimate of drug-likeness (QED) is 0.561. The van der Waals surface area contributed by atoms with Gasteiger partial charge in [0.1, 0.15) is 0 Å². The molecule has 0 fully saturated rings. The molecule has 110 valence electrons. The number of hydrogen-bond acceptors (Lipinski definition) is 6. The zero-order chi connectivity index (χ0) is 14.6. The molecule has 2 aromatic rings. The number of H-pyrrole nitrogens is 2. The van der Waals surface area contributed by atoms with Crippen LogP contribution < -0.4 is 14.9 Å². The van der Waals surface area contributed by atoms with E-state index < -0.39 is 10.0 Å². The first kappa shape index (κ1) is 14.9. The largest absolute Gasteiger partial charge is 0.315 e. The Kier molecular flexibility index (Phi) is 4.70. The van der Waals surface area contributed by atoms with E-state index in [-0.39, 0.29) is 16.4 Å². The van der Waals surface area contributed by atoms with Gasteiger partial charge in [-0.15, -0.1) is 0 Å². The molecule has 2 aromatic heterocycles. The molecule has 0 bridgehead atoms. The molecule has 0 spiro atoms. The third-order valence-corrected chi connectivity index (χ3v) is 4.67. The molecule has 2 rings (SSSR count). The van der Waals surface area contributed by atoms with Gasteiger partial charge in [0.2, 0.25) is 0 Å². The number of nitrogens with zero attached hydrogens (tertiary/aromatic N) is 1. The summed E-state index contributed by atoms with van der Waals surface area (Å²) < 4.78 is 26.7. The van der Waals surface area contributed by atoms with Crippen LogP contribution >= 0.6 is 11.3 Å². The minimum atomic E-state index is -3.69. The van der Waals surface area contributed by atoms with E-state index in [1.54, 1.807) is 5.38 Å². The SMILES string of the molecule is CCNCc1cn[nH]c1S(=O)(=O)NCc1csc(=O)[nH]1. The monoisotopic (exact) mass is 317 g/mol. The van der Waals surface area contributed by atoms with Crippen molar-refractivity contribution in [1.29, 1.82) is 0 Å². The van der Waals surface area contributed by atoms with Crippen molar-refractivity contribution in [3.05, 3.63) is 32.5 Å². The molecule has 0 unspecified atom stereocenters. The lowest BCUT2D eigenvalue weighted by Gasteiger charge is -2.06. The van der Waals surface area contributed by atoms with Gasteiger partial charge in [-0.1, -0.05) is 18.3 Å². The van der Waals surface area contributed by atoms with Crippen LogP contribution in [0.25, 0.3) is 0 Å². The van der Waals surface area contributed by atoms with E-state index in [2.05, 4.69) is 25.2 Å². The van der Waals surface area contributed by atoms with Crippen molar-refractivity contribution in [3.63, 3.8) is 0 Å². The molecule has 8 nitrogen and oxygen atoms in total. The summed E-state index contributed by atoms with van der Waals surface area (Å²) in [5.41, 5.74) is 1.09. The number of rotatable bonds is 7. The molecule has 0 aliphatic carbocycles. The number of hydrogen-bond donors (Lipinski definition) is 4. The Balaban J connectivity index is 2.10. The first-order valence-corrected chi connectivity index (χ1v) is 8.28. The Hall–Kier alpha value is -1.49. The van der Waals surface area contributed by atoms with Gasteiger partial charge in [-0.3, -0.25) is 9.89 Å². The second kappa shape index (κ2) is 6.31. The Labute approximate surface area is 119 Å². The lowest BCUT2D eigenvalue weighted by Crippen LogP contribution is -2.26. The van der Waals surface area contributed by atoms with Crippen molar-refractivity contribution in [1.82, 2.24) is 25.2 Å². The second-order valence-corrected chi connectivity index (χ2v) is 6.55. The second-order valence-electron chi connectivity index (χ2n) is 4.00. The molecule has 0 saturated carbocycles. The summed E-state index contributed by atoms with van der Waals surface area (Å²) in [5.74, 6) is 0. The van der Waals surface area contributed by atoms with Gasteiger partial charge in [0.05, 0.1) is 12.7 Å². The lowest BCUT2D eigenvalue weighted by molar-refractivity contribution is 0.573. The fraction of sp³-hybridized carbons (Fsp3) is 0.400. The summed E-state index contributed by atoms with van der Waals surface area (Å²) in [7, 11) is -3.69. The fourth-order valence-electron chi connectivity index (χ4n) is 1.56. The van der Waals surface area contributed by atoms with Crippen LogP contribution in [0.15, 0.2) is 21.4 Å². The summed E-state index contributed by atoms with van der Waals surface area (Å²) in [6.07, 6.45) is 1.48. The van der Waals surface area contributed by atoms with Crippen LogP contribution in [-0.4, -0.2) is 30.1 Å². The minimum absolute atomic E-state index is 0.0285. The highest BCUT2D eigenvalue weighted by atomic mass is 32.2. The van der Waals surface area contributed by atoms with Crippen molar-refractivity contribution in [3.8, 4) is 0 Å². The van der Waals surface area contributed by atoms with Gasteiger partial charge in [-0.25, -0.2) is 13.1 Å². The summed E-state index contributed by atoms with van der Waals surface area (Å²) in [4.78, 5) is 13.3. The molecule has 0 atom stereocenters. The van der Waals surface area contributed by atoms with Crippen LogP contribution in [0.2, 0.25) is 0 Å². The van der Waals surface area contributed by atoms with Gasteiger partial charge < -0.3 is 10.3 Å². The number of aromatic amines is 2. The van der Waals surface area contributed by atoms with Crippen molar-refractivity contribution >= 4 is 21.4 Å². The van der Waals surface area contributed by atoms with Crippen LogP contribution in [0.5, 0.6) is 0 Å². The number of aromatic nitrogens is 3. The zero-order valence-electron chi connectivity index (χ0n) is 10.8. The summed E-state index contributed by atoms with van der Waals surface area (Å²) >= 11 is 0.991. The van der Waals surface area contributed by atoms with E-state index in [9.17, 15) is 13.2 Å². The highest BCUT2D eigenvalue weighted by Crippen LogP contribution is 2.12. The van der Waals surface area contributed by atoms with Gasteiger partial charge in [0.15, 0.2) is 5.03 Å². The van der Waals surface area contributed by atoms with Gasteiger partial charge in [-0.05, 0) is 6.54 Å². The molecular formula is C10H15N5O3S2. The van der Waals surface area contributed by atoms with Crippen molar-refractivity contribution in [2.24, 2.45) is 0 Å². The molecule has 0 aliphatic rings. The molecule has 0 aromatic carbocycles. The molecule has 2 heterocycles. The Bertz CT molecular complexity index is 715. The van der Waals surface area contributed by atoms with Crippen LogP contribution in [0.4, 0.5) is 0 Å². The summed E-state index contributed by atoms with van der Waals surface area (Å²) in [6.45, 7) is 3.10. The lowest BCUT2D eigenvalue weighted by atomic mass is 10.3. The van der Waals surface area contributed by atoms with Crippen molar-refractivity contribution < 1.29 is 8.42 Å². The number of nitrogens with one attached hydrogen (secondary N) is 4. The Morgan fingerprint density at radius 3 is 2.85 bits per heavy atom. The maximum absolute atomic E-state index is 12.2. The zero-order valence-corrected chi connectivity index (χ0v) is 12.4. The standard InChI is InChI=1S/C10H15N5O3S2/c1-2-11-3-7-4-12-15-9(7)20(17,18)13-5-8-6-19-10(16)14-8/h4,6,11,13H,2-3,5H2,1H3,(H,12,15)(H,14,16). The molecule has 4 N–H and O–H groups in total. The predicted octanol–water partition coefficient (Wildman–Crippen LogP) is -0.252. The fourth-order valence-corrected chi connectivity index (χ4v) is 3.28. The maximum atomic E-state index is 12.2. The Morgan fingerprint density at radius 2 is 2.20 bits per heavy atom. The highest BCUT2D eigenvalue weighted by molar-refractivity contribution is 7.89. The number of sulfonamides is 1. The number of thiazole rings is 1. The average molecular weight is 317 g/mol. The van der Waals surface area contributed by atoms with Crippen LogP contribution in [0.1, 0.15) is 18.2 Å². The van der Waals surface area contributed by atoms with Gasteiger partial charge in [-0.2, -0.15) is 5.10 Å². The average Bonchev–Trinajstić information content (AvgIpc) is 3.03. The van der Waals surface area contributed by atoms with E-state index in [0.29, 0.717) is 17.8 Å². The molecule has 10 heteroatoms. The maximum Gasteiger partial charge on any atom is 0.304 e. The molecule has 0 amide bonds. The van der Waals surface area contributed by atoms with E-state index >= 15 is 0 Å². The topological polar surface area (TPSA) is 120 Å². The van der Waals surface area contributed by atoms with Crippen LogP contribution in [-0.2, 0) is 23.1 Å². The van der Waals surface area contributed by atoms with E-state index in [0.717, 1.165) is 17.9 Å². The summed E-state index contributed by atoms with van der Waals surface area (Å²) in [5, 5.41) is 10.9. The predicted molar refractivity (Wildman–Crippen MR) is 74.9 cm³/mol. The van der Waals surface area contributed by atoms with Crippen LogP contribution in [0, 0.1) is 0 Å². The molecular weight excluding hydrogens is 302 g/mol. The smallest absolute Gasteiger partial charge is 0.304 e. The van der Waals surface area contributed by atoms with Crippen molar-refractivity contribution in [2.75, 3.05) is 6.54 Å². The van der Waals surface area contributed by atoms with E-state index in [4.69, 9.17) is 0 Å². The van der Waals surface area contributed by atoms with Gasteiger partial charge in [0.25, 0.3) is 10.0 Å². The third-order valence-electron chi connectivity index (χ3n) is 2.54. The normalized spacial score (nSPS) is 11.8. The minimum Gasteiger partial charge on any atom is -0.315 e. The Morgan fingerprint density at radius 1 is 1.40 bits per heavy atom. The van der Waals surface area contributed by atoms with Crippen LogP contribution in [0.3, 0.4) is 0 Å². The first-order valence-electron chi connectivity index (χ1n) is 5.92. The third kappa shape index (κ3) is 3.54. The summed E-state index contributed by atoms with van der Waals surface area (Å²) in [6, 6.07) is 0. The first-order chi connectivity index (χ1) is 9.53. The van der Waals surface area contributed by atoms with Crippen molar-refractivity contribution in [2.45, 2.75) is 25.0 Å².